The number of hydrogen-bond acceptors (Lipinski definition) is 4. The van der Waals surface area contributed by atoms with E-state index in [4.69, 9.17) is 9.47 Å². The molecule has 1 aromatic carbocycles. The van der Waals surface area contributed by atoms with Crippen LogP contribution in [0.2, 0.25) is 0 Å². The van der Waals surface area contributed by atoms with E-state index in [0.717, 1.165) is 48.3 Å². The van der Waals surface area contributed by atoms with Gasteiger partial charge in [-0.25, -0.2) is 4.79 Å². The smallest absolute Gasteiger partial charge is 0.340 e. The van der Waals surface area contributed by atoms with Crippen molar-refractivity contribution >= 4 is 16.9 Å². The monoisotopic (exact) mass is 346 g/mol. The second kappa shape index (κ2) is 8.90. The Labute approximate surface area is 150 Å². The maximum absolute atomic E-state index is 12.5. The van der Waals surface area contributed by atoms with Crippen LogP contribution in [0.5, 0.6) is 5.75 Å². The van der Waals surface area contributed by atoms with Crippen molar-refractivity contribution in [3.63, 3.8) is 0 Å². The molecule has 1 aromatic heterocycles. The van der Waals surface area contributed by atoms with Crippen molar-refractivity contribution in [2.45, 2.75) is 40.2 Å². The predicted molar refractivity (Wildman–Crippen MR) is 102 cm³/mol. The van der Waals surface area contributed by atoms with Crippen molar-refractivity contribution in [1.29, 1.82) is 0 Å². The van der Waals surface area contributed by atoms with Crippen LogP contribution in [0.15, 0.2) is 18.2 Å². The van der Waals surface area contributed by atoms with Crippen molar-refractivity contribution in [1.82, 2.24) is 9.47 Å². The Balaban J connectivity index is 2.42. The number of ether oxygens (including phenoxy) is 2. The first kappa shape index (κ1) is 19.3. The Bertz CT molecular complexity index is 719. The summed E-state index contributed by atoms with van der Waals surface area (Å²) in [7, 11) is 4.03. The molecule has 0 saturated heterocycles. The van der Waals surface area contributed by atoms with Gasteiger partial charge in [0.2, 0.25) is 0 Å². The lowest BCUT2D eigenvalue weighted by Crippen LogP contribution is -2.19. The maximum Gasteiger partial charge on any atom is 0.340 e. The van der Waals surface area contributed by atoms with E-state index in [-0.39, 0.29) is 5.97 Å². The minimum absolute atomic E-state index is 0.259. The summed E-state index contributed by atoms with van der Waals surface area (Å²) in [6.45, 7) is 8.73. The van der Waals surface area contributed by atoms with Gasteiger partial charge in [-0.1, -0.05) is 13.3 Å². The molecule has 0 radical (unpaired) electrons. The van der Waals surface area contributed by atoms with E-state index in [9.17, 15) is 4.79 Å². The molecule has 0 saturated carbocycles. The molecule has 138 valence electrons. The molecule has 2 aromatic rings. The van der Waals surface area contributed by atoms with E-state index in [1.165, 1.54) is 0 Å². The normalized spacial score (nSPS) is 11.3. The lowest BCUT2D eigenvalue weighted by Gasteiger charge is -2.11. The first-order chi connectivity index (χ1) is 12.0. The third kappa shape index (κ3) is 4.54. The fourth-order valence-electron chi connectivity index (χ4n) is 2.96. The first-order valence-electron chi connectivity index (χ1n) is 9.07. The van der Waals surface area contributed by atoms with Crippen molar-refractivity contribution in [2.75, 3.05) is 33.9 Å². The molecule has 0 fully saturated rings. The van der Waals surface area contributed by atoms with Gasteiger partial charge in [0, 0.05) is 29.7 Å². The van der Waals surface area contributed by atoms with Crippen LogP contribution in [0.1, 0.15) is 42.7 Å². The summed E-state index contributed by atoms with van der Waals surface area (Å²) in [6, 6.07) is 5.99. The molecular formula is C20H30N2O3. The number of carbonyl (C=O) groups is 1. The van der Waals surface area contributed by atoms with Crippen LogP contribution >= 0.6 is 0 Å². The number of likely N-dealkylation sites (N-methyl/N-ethyl adjacent to an activating group) is 1. The highest BCUT2D eigenvalue weighted by Gasteiger charge is 2.21. The molecule has 0 aliphatic carbocycles. The maximum atomic E-state index is 12.5. The number of aryl methyl sites for hydroxylation is 1. The number of rotatable bonds is 9. The number of hydrogen-bond donors (Lipinski definition) is 0. The molecule has 25 heavy (non-hydrogen) atoms. The Morgan fingerprint density at radius 3 is 2.64 bits per heavy atom. The van der Waals surface area contributed by atoms with Gasteiger partial charge in [0.25, 0.3) is 0 Å². The van der Waals surface area contributed by atoms with E-state index in [1.807, 2.05) is 46.1 Å². The molecule has 5 heteroatoms. The molecule has 0 aliphatic rings. The standard InChI is InChI=1S/C20H30N2O3/c1-6-8-11-22-15(3)19(20(23)24-7-2)17-14-16(9-10-18(17)22)25-13-12-21(4)5/h9-10,14H,6-8,11-13H2,1-5H3. The van der Waals surface area contributed by atoms with Crippen LogP contribution in [0.3, 0.4) is 0 Å². The molecule has 0 amide bonds. The Kier molecular flexibility index (Phi) is 6.88. The molecular weight excluding hydrogens is 316 g/mol. The van der Waals surface area contributed by atoms with E-state index in [2.05, 4.69) is 16.4 Å². The van der Waals surface area contributed by atoms with Gasteiger partial charge in [-0.3, -0.25) is 0 Å². The van der Waals surface area contributed by atoms with Gasteiger partial charge in [0.1, 0.15) is 12.4 Å². The molecule has 0 N–H and O–H groups in total. The molecule has 0 aliphatic heterocycles. The van der Waals surface area contributed by atoms with Crippen molar-refractivity contribution in [2.24, 2.45) is 0 Å². The van der Waals surface area contributed by atoms with Gasteiger partial charge in [0.05, 0.1) is 12.2 Å². The van der Waals surface area contributed by atoms with Gasteiger partial charge in [-0.2, -0.15) is 0 Å². The van der Waals surface area contributed by atoms with Gasteiger partial charge in [0.15, 0.2) is 0 Å². The summed E-state index contributed by atoms with van der Waals surface area (Å²) in [5, 5.41) is 0.911. The fraction of sp³-hybridized carbons (Fsp3) is 0.550. The van der Waals surface area contributed by atoms with Crippen LogP contribution in [-0.2, 0) is 11.3 Å². The zero-order valence-electron chi connectivity index (χ0n) is 16.1. The second-order valence-electron chi connectivity index (χ2n) is 6.52. The highest BCUT2D eigenvalue weighted by molar-refractivity contribution is 6.06. The largest absolute Gasteiger partial charge is 0.492 e. The summed E-state index contributed by atoms with van der Waals surface area (Å²) < 4.78 is 13.4. The average Bonchev–Trinajstić information content (AvgIpc) is 2.83. The van der Waals surface area contributed by atoms with E-state index >= 15 is 0 Å². The SMILES string of the molecule is CCCCn1c(C)c(C(=O)OCC)c2cc(OCCN(C)C)ccc21. The summed E-state index contributed by atoms with van der Waals surface area (Å²) in [5.41, 5.74) is 2.69. The average molecular weight is 346 g/mol. The van der Waals surface area contributed by atoms with E-state index in [1.54, 1.807) is 0 Å². The van der Waals surface area contributed by atoms with Crippen LogP contribution in [0.25, 0.3) is 10.9 Å². The number of nitrogens with zero attached hydrogens (tertiary/aromatic N) is 2. The topological polar surface area (TPSA) is 43.7 Å². The molecule has 0 bridgehead atoms. The number of fused-ring (bicyclic) bond motifs is 1. The van der Waals surface area contributed by atoms with Gasteiger partial charge in [-0.15, -0.1) is 0 Å². The summed E-state index contributed by atoms with van der Waals surface area (Å²) in [4.78, 5) is 14.6. The first-order valence-corrected chi connectivity index (χ1v) is 9.07. The molecule has 0 spiro atoms. The number of aromatic nitrogens is 1. The van der Waals surface area contributed by atoms with Crippen LogP contribution < -0.4 is 4.74 Å². The van der Waals surface area contributed by atoms with E-state index < -0.39 is 0 Å². The zero-order valence-corrected chi connectivity index (χ0v) is 16.1. The lowest BCUT2D eigenvalue weighted by molar-refractivity contribution is 0.0527. The molecule has 0 atom stereocenters. The number of unbranched alkanes of at least 4 members (excludes halogenated alkanes) is 1. The molecule has 1 heterocycles. The minimum atomic E-state index is -0.259. The zero-order chi connectivity index (χ0) is 18.4. The summed E-state index contributed by atoms with van der Waals surface area (Å²) in [5.74, 6) is 0.526. The Morgan fingerprint density at radius 2 is 2.00 bits per heavy atom. The number of esters is 1. The highest BCUT2D eigenvalue weighted by Crippen LogP contribution is 2.30. The number of carbonyl (C=O) groups excluding carboxylic acids is 1. The van der Waals surface area contributed by atoms with Gasteiger partial charge >= 0.3 is 5.97 Å². The summed E-state index contributed by atoms with van der Waals surface area (Å²) in [6.07, 6.45) is 2.19. The van der Waals surface area contributed by atoms with Crippen molar-refractivity contribution in [3.8, 4) is 5.75 Å². The minimum Gasteiger partial charge on any atom is -0.492 e. The van der Waals surface area contributed by atoms with Gasteiger partial charge < -0.3 is 18.9 Å². The van der Waals surface area contributed by atoms with Crippen molar-refractivity contribution < 1.29 is 14.3 Å². The quantitative estimate of drug-likeness (QED) is 0.647. The number of benzene rings is 1. The molecule has 0 unspecified atom stereocenters. The van der Waals surface area contributed by atoms with Crippen molar-refractivity contribution in [3.05, 3.63) is 29.5 Å². The third-order valence-corrected chi connectivity index (χ3v) is 4.32. The van der Waals surface area contributed by atoms with Crippen LogP contribution in [-0.4, -0.2) is 49.3 Å². The van der Waals surface area contributed by atoms with E-state index in [0.29, 0.717) is 18.8 Å². The molecule has 2 rings (SSSR count). The Hall–Kier alpha value is -2.01. The second-order valence-corrected chi connectivity index (χ2v) is 6.52. The fourth-order valence-corrected chi connectivity index (χ4v) is 2.96. The highest BCUT2D eigenvalue weighted by atomic mass is 16.5. The van der Waals surface area contributed by atoms with Crippen LogP contribution in [0, 0.1) is 6.92 Å². The van der Waals surface area contributed by atoms with Crippen LogP contribution in [0.4, 0.5) is 0 Å². The summed E-state index contributed by atoms with van der Waals surface area (Å²) >= 11 is 0. The lowest BCUT2D eigenvalue weighted by atomic mass is 10.1. The molecule has 5 nitrogen and oxygen atoms in total. The predicted octanol–water partition coefficient (Wildman–Crippen LogP) is 3.87. The third-order valence-electron chi connectivity index (χ3n) is 4.32. The van der Waals surface area contributed by atoms with Gasteiger partial charge in [-0.05, 0) is 52.6 Å². The Morgan fingerprint density at radius 1 is 1.24 bits per heavy atom.